The van der Waals surface area contributed by atoms with Gasteiger partial charge in [-0.2, -0.15) is 0 Å². The van der Waals surface area contributed by atoms with E-state index in [1.807, 2.05) is 54.6 Å². The predicted molar refractivity (Wildman–Crippen MR) is 115 cm³/mol. The van der Waals surface area contributed by atoms with Gasteiger partial charge in [0.05, 0.1) is 20.5 Å². The molecule has 0 saturated carbocycles. The zero-order valence-corrected chi connectivity index (χ0v) is 16.0. The van der Waals surface area contributed by atoms with Crippen molar-refractivity contribution in [2.24, 2.45) is 0 Å². The molecule has 0 aliphatic carbocycles. The highest BCUT2D eigenvalue weighted by Gasteiger charge is 2.15. The number of hydrogen-bond donors (Lipinski definition) is 0. The lowest BCUT2D eigenvalue weighted by atomic mass is 10.00. The zero-order chi connectivity index (χ0) is 19.8. The maximum Gasteiger partial charge on any atom is 0.341 e. The topological polar surface area (TPSA) is 35.5 Å². The van der Waals surface area contributed by atoms with Crippen LogP contribution in [0.5, 0.6) is 0 Å². The Morgan fingerprint density at radius 1 is 0.821 bits per heavy atom. The number of methoxy groups -OCH3 is 2. The first-order valence-corrected chi connectivity index (χ1v) is 8.97. The van der Waals surface area contributed by atoms with Crippen LogP contribution in [0.3, 0.4) is 0 Å². The molecule has 0 bridgehead atoms. The summed E-state index contributed by atoms with van der Waals surface area (Å²) in [6.45, 7) is 0. The monoisotopic (exact) mass is 370 g/mol. The van der Waals surface area contributed by atoms with Crippen molar-refractivity contribution >= 4 is 34.5 Å². The van der Waals surface area contributed by atoms with Gasteiger partial charge >= 0.3 is 5.97 Å². The van der Waals surface area contributed by atoms with E-state index in [9.17, 15) is 4.79 Å². The number of carbonyl (C=O) groups excluding carboxylic acids is 1. The highest BCUT2D eigenvalue weighted by molar-refractivity contribution is 6.17. The van der Waals surface area contributed by atoms with Crippen molar-refractivity contribution in [1.29, 1.82) is 0 Å². The zero-order valence-electron chi connectivity index (χ0n) is 16.0. The van der Waals surface area contributed by atoms with Crippen LogP contribution in [0.15, 0.2) is 85.1 Å². The average molecular weight is 370 g/mol. The number of benzene rings is 3. The summed E-state index contributed by atoms with van der Waals surface area (Å²) in [5.41, 5.74) is 3.17. The van der Waals surface area contributed by atoms with Gasteiger partial charge in [-0.15, -0.1) is 0 Å². The van der Waals surface area contributed by atoms with Gasteiger partial charge in [-0.3, -0.25) is 0 Å². The SMILES string of the molecule is COC=C(C(=O)OC)c1ccccc1C=CC=Cc1ccc2ccccc2c1. The third kappa shape index (κ3) is 4.57. The standard InChI is InChI=1S/C25H22O3/c1-27-18-24(25(26)28-2)23-14-8-7-12-21(23)11-4-3-9-19-15-16-20-10-5-6-13-22(20)17-19/h3-18H,1-2H3. The second kappa shape index (κ2) is 9.38. The molecule has 0 atom stereocenters. The van der Waals surface area contributed by atoms with Gasteiger partial charge in [-0.1, -0.05) is 85.0 Å². The first-order valence-electron chi connectivity index (χ1n) is 8.97. The molecule has 0 heterocycles. The van der Waals surface area contributed by atoms with E-state index in [1.165, 1.54) is 31.3 Å². The number of allylic oxidation sites excluding steroid dienone is 2. The Balaban J connectivity index is 1.83. The lowest BCUT2D eigenvalue weighted by Crippen LogP contribution is -2.05. The summed E-state index contributed by atoms with van der Waals surface area (Å²) in [6.07, 6.45) is 9.36. The van der Waals surface area contributed by atoms with Gasteiger partial charge in [-0.25, -0.2) is 4.79 Å². The van der Waals surface area contributed by atoms with Crippen molar-refractivity contribution in [2.75, 3.05) is 14.2 Å². The van der Waals surface area contributed by atoms with E-state index in [0.29, 0.717) is 5.57 Å². The molecule has 3 heteroatoms. The third-order valence-electron chi connectivity index (χ3n) is 4.34. The van der Waals surface area contributed by atoms with Crippen LogP contribution < -0.4 is 0 Å². The summed E-state index contributed by atoms with van der Waals surface area (Å²) in [5.74, 6) is -0.436. The van der Waals surface area contributed by atoms with Gasteiger partial charge in [0.2, 0.25) is 0 Å². The summed E-state index contributed by atoms with van der Waals surface area (Å²) < 4.78 is 9.92. The second-order valence-corrected chi connectivity index (χ2v) is 6.17. The quantitative estimate of drug-likeness (QED) is 0.241. The van der Waals surface area contributed by atoms with Crippen molar-refractivity contribution in [3.8, 4) is 0 Å². The lowest BCUT2D eigenvalue weighted by molar-refractivity contribution is -0.133. The number of fused-ring (bicyclic) bond motifs is 1. The highest BCUT2D eigenvalue weighted by Crippen LogP contribution is 2.22. The van der Waals surface area contributed by atoms with Crippen molar-refractivity contribution in [2.45, 2.75) is 0 Å². The minimum Gasteiger partial charge on any atom is -0.503 e. The molecule has 0 N–H and O–H groups in total. The van der Waals surface area contributed by atoms with Gasteiger partial charge in [0.1, 0.15) is 5.57 Å². The molecule has 0 aromatic heterocycles. The normalized spacial score (nSPS) is 12.0. The summed E-state index contributed by atoms with van der Waals surface area (Å²) in [7, 11) is 2.87. The van der Waals surface area contributed by atoms with Crippen LogP contribution in [-0.4, -0.2) is 20.2 Å². The van der Waals surface area contributed by atoms with E-state index in [0.717, 1.165) is 16.7 Å². The van der Waals surface area contributed by atoms with Crippen LogP contribution in [0.1, 0.15) is 16.7 Å². The van der Waals surface area contributed by atoms with Gasteiger partial charge in [0, 0.05) is 0 Å². The van der Waals surface area contributed by atoms with E-state index in [1.54, 1.807) is 0 Å². The molecule has 0 saturated heterocycles. The number of carbonyl (C=O) groups is 1. The number of rotatable bonds is 6. The largest absolute Gasteiger partial charge is 0.503 e. The van der Waals surface area contributed by atoms with E-state index >= 15 is 0 Å². The maximum absolute atomic E-state index is 12.1. The molecule has 0 amide bonds. The number of ether oxygens (including phenoxy) is 2. The van der Waals surface area contributed by atoms with Crippen molar-refractivity contribution in [3.05, 3.63) is 102 Å². The molecule has 28 heavy (non-hydrogen) atoms. The first-order chi connectivity index (χ1) is 13.7. The Bertz CT molecular complexity index is 1060. The molecule has 0 spiro atoms. The highest BCUT2D eigenvalue weighted by atomic mass is 16.5. The molecule has 0 fully saturated rings. The maximum atomic E-state index is 12.1. The molecule has 3 rings (SSSR count). The van der Waals surface area contributed by atoms with E-state index in [2.05, 4.69) is 36.4 Å². The van der Waals surface area contributed by atoms with Crippen LogP contribution >= 0.6 is 0 Å². The molecule has 3 aromatic carbocycles. The number of esters is 1. The summed E-state index contributed by atoms with van der Waals surface area (Å²) in [5, 5.41) is 2.44. The Morgan fingerprint density at radius 2 is 1.54 bits per heavy atom. The fraction of sp³-hybridized carbons (Fsp3) is 0.0800. The molecular weight excluding hydrogens is 348 g/mol. The third-order valence-corrected chi connectivity index (χ3v) is 4.34. The molecule has 3 nitrogen and oxygen atoms in total. The molecule has 0 aliphatic rings. The van der Waals surface area contributed by atoms with E-state index in [4.69, 9.17) is 9.47 Å². The van der Waals surface area contributed by atoms with Crippen molar-refractivity contribution < 1.29 is 14.3 Å². The fourth-order valence-electron chi connectivity index (χ4n) is 2.97. The minimum absolute atomic E-state index is 0.378. The van der Waals surface area contributed by atoms with Gasteiger partial charge in [0.15, 0.2) is 0 Å². The van der Waals surface area contributed by atoms with Crippen LogP contribution in [0.2, 0.25) is 0 Å². The summed E-state index contributed by atoms with van der Waals surface area (Å²) in [4.78, 5) is 12.1. The van der Waals surface area contributed by atoms with Gasteiger partial charge in [0.25, 0.3) is 0 Å². The Kier molecular flexibility index (Phi) is 6.42. The average Bonchev–Trinajstić information content (AvgIpc) is 2.75. The molecule has 0 radical (unpaired) electrons. The van der Waals surface area contributed by atoms with Crippen LogP contribution in [0, 0.1) is 0 Å². The second-order valence-electron chi connectivity index (χ2n) is 6.17. The van der Waals surface area contributed by atoms with Crippen molar-refractivity contribution in [1.82, 2.24) is 0 Å². The van der Waals surface area contributed by atoms with Crippen LogP contribution in [-0.2, 0) is 14.3 Å². The van der Waals surface area contributed by atoms with Crippen LogP contribution in [0.25, 0.3) is 28.5 Å². The molecule has 0 unspecified atom stereocenters. The van der Waals surface area contributed by atoms with Crippen molar-refractivity contribution in [3.63, 3.8) is 0 Å². The molecule has 3 aromatic rings. The lowest BCUT2D eigenvalue weighted by Gasteiger charge is -2.08. The fourth-order valence-corrected chi connectivity index (χ4v) is 2.97. The molecule has 0 aliphatic heterocycles. The molecular formula is C25H22O3. The Morgan fingerprint density at radius 3 is 2.32 bits per heavy atom. The Hall–Kier alpha value is -3.59. The summed E-state index contributed by atoms with van der Waals surface area (Å²) >= 11 is 0. The van der Waals surface area contributed by atoms with E-state index < -0.39 is 5.97 Å². The van der Waals surface area contributed by atoms with Crippen LogP contribution in [0.4, 0.5) is 0 Å². The predicted octanol–water partition coefficient (Wildman–Crippen LogP) is 5.73. The Labute approximate surface area is 165 Å². The minimum atomic E-state index is -0.436. The molecule has 140 valence electrons. The van der Waals surface area contributed by atoms with E-state index in [-0.39, 0.29) is 0 Å². The van der Waals surface area contributed by atoms with Gasteiger partial charge < -0.3 is 9.47 Å². The number of hydrogen-bond acceptors (Lipinski definition) is 3. The summed E-state index contributed by atoms with van der Waals surface area (Å²) in [6, 6.07) is 22.3. The smallest absolute Gasteiger partial charge is 0.341 e. The van der Waals surface area contributed by atoms with Gasteiger partial charge in [-0.05, 0) is 33.5 Å². The first kappa shape index (κ1) is 19.2.